The molecular weight excluding hydrogens is 385 g/mol. The Kier molecular flexibility index (Phi) is 4.76. The fourth-order valence-electron chi connectivity index (χ4n) is 2.54. The molecule has 142 valence electrons. The van der Waals surface area contributed by atoms with Crippen molar-refractivity contribution in [3.8, 4) is 22.9 Å². The molecule has 0 aliphatic rings. The number of nitrogens with zero attached hydrogens (tertiary/aromatic N) is 2. The summed E-state index contributed by atoms with van der Waals surface area (Å²) in [5, 5.41) is 7.89. The van der Waals surface area contributed by atoms with Gasteiger partial charge in [-0.15, -0.1) is 10.2 Å². The summed E-state index contributed by atoms with van der Waals surface area (Å²) in [7, 11) is -4.12. The summed E-state index contributed by atoms with van der Waals surface area (Å²) in [4.78, 5) is -0.518. The summed E-state index contributed by atoms with van der Waals surface area (Å²) in [6, 6.07) is 15.9. The van der Waals surface area contributed by atoms with E-state index in [-0.39, 0.29) is 23.9 Å². The van der Waals surface area contributed by atoms with Gasteiger partial charge < -0.3 is 8.83 Å². The van der Waals surface area contributed by atoms with Crippen molar-refractivity contribution in [2.45, 2.75) is 11.4 Å². The van der Waals surface area contributed by atoms with E-state index in [9.17, 15) is 12.8 Å². The Labute approximate surface area is 159 Å². The van der Waals surface area contributed by atoms with Crippen molar-refractivity contribution >= 4 is 10.0 Å². The van der Waals surface area contributed by atoms with Gasteiger partial charge in [0.15, 0.2) is 0 Å². The van der Waals surface area contributed by atoms with E-state index in [2.05, 4.69) is 14.9 Å². The number of halogens is 1. The van der Waals surface area contributed by atoms with Crippen LogP contribution in [0.3, 0.4) is 0 Å². The molecule has 0 atom stereocenters. The number of aromatic nitrogens is 2. The lowest BCUT2D eigenvalue weighted by atomic mass is 10.2. The molecule has 0 amide bonds. The van der Waals surface area contributed by atoms with Gasteiger partial charge in [-0.3, -0.25) is 0 Å². The highest BCUT2D eigenvalue weighted by molar-refractivity contribution is 7.89. The van der Waals surface area contributed by atoms with Gasteiger partial charge in [0.1, 0.15) is 16.5 Å². The van der Waals surface area contributed by atoms with Crippen LogP contribution in [0.15, 0.2) is 80.7 Å². The molecule has 0 aliphatic heterocycles. The molecule has 2 aromatic carbocycles. The SMILES string of the molecule is O=S(=O)(NCc1ccco1)c1cc(-c2nnc(-c3ccccc3)o2)ccc1F. The predicted octanol–water partition coefficient (Wildman–Crippen LogP) is 3.61. The van der Waals surface area contributed by atoms with Gasteiger partial charge in [-0.05, 0) is 42.5 Å². The maximum absolute atomic E-state index is 14.2. The van der Waals surface area contributed by atoms with E-state index in [4.69, 9.17) is 8.83 Å². The summed E-state index contributed by atoms with van der Waals surface area (Å²) < 4.78 is 52.2. The topological polar surface area (TPSA) is 98.2 Å². The average molecular weight is 399 g/mol. The lowest BCUT2D eigenvalue weighted by molar-refractivity contribution is 0.497. The lowest BCUT2D eigenvalue weighted by Gasteiger charge is -2.07. The van der Waals surface area contributed by atoms with Gasteiger partial charge in [0.25, 0.3) is 0 Å². The Balaban J connectivity index is 1.63. The zero-order valence-corrected chi connectivity index (χ0v) is 15.2. The van der Waals surface area contributed by atoms with Crippen molar-refractivity contribution in [3.05, 3.63) is 78.5 Å². The zero-order chi connectivity index (χ0) is 19.6. The number of rotatable bonds is 6. The Morgan fingerprint density at radius 3 is 2.39 bits per heavy atom. The molecule has 4 rings (SSSR count). The first-order valence-corrected chi connectivity index (χ1v) is 9.72. The number of benzene rings is 2. The molecule has 9 heteroatoms. The monoisotopic (exact) mass is 399 g/mol. The molecule has 1 N–H and O–H groups in total. The molecule has 0 spiro atoms. The number of nitrogens with one attached hydrogen (secondary N) is 1. The highest BCUT2D eigenvalue weighted by Crippen LogP contribution is 2.27. The van der Waals surface area contributed by atoms with Crippen LogP contribution in [0.2, 0.25) is 0 Å². The van der Waals surface area contributed by atoms with Crippen LogP contribution >= 0.6 is 0 Å². The minimum Gasteiger partial charge on any atom is -0.468 e. The summed E-state index contributed by atoms with van der Waals surface area (Å²) >= 11 is 0. The zero-order valence-electron chi connectivity index (χ0n) is 14.4. The fourth-order valence-corrected chi connectivity index (χ4v) is 3.63. The average Bonchev–Trinajstić information content (AvgIpc) is 3.40. The molecule has 0 saturated heterocycles. The maximum Gasteiger partial charge on any atom is 0.248 e. The van der Waals surface area contributed by atoms with Crippen LogP contribution < -0.4 is 4.72 Å². The molecule has 2 aromatic heterocycles. The van der Waals surface area contributed by atoms with Crippen molar-refractivity contribution in [1.29, 1.82) is 0 Å². The van der Waals surface area contributed by atoms with E-state index in [1.54, 1.807) is 24.3 Å². The minimum absolute atomic E-state index is 0.0846. The number of sulfonamides is 1. The van der Waals surface area contributed by atoms with E-state index < -0.39 is 20.7 Å². The minimum atomic E-state index is -4.12. The molecule has 0 radical (unpaired) electrons. The highest BCUT2D eigenvalue weighted by atomic mass is 32.2. The Hall–Kier alpha value is -3.30. The van der Waals surface area contributed by atoms with E-state index in [1.165, 1.54) is 12.3 Å². The van der Waals surface area contributed by atoms with Gasteiger partial charge in [-0.1, -0.05) is 18.2 Å². The quantitative estimate of drug-likeness (QED) is 0.532. The standard InChI is InChI=1S/C19H14FN3O4S/c20-16-9-8-14(19-23-22-18(27-19)13-5-2-1-3-6-13)11-17(16)28(24,25)21-12-15-7-4-10-26-15/h1-11,21H,12H2. The second-order valence-corrected chi connectivity index (χ2v) is 7.56. The first-order chi connectivity index (χ1) is 13.5. The molecule has 7 nitrogen and oxygen atoms in total. The third-order valence-electron chi connectivity index (χ3n) is 3.93. The van der Waals surface area contributed by atoms with E-state index >= 15 is 0 Å². The van der Waals surface area contributed by atoms with Crippen LogP contribution in [0, 0.1) is 5.82 Å². The van der Waals surface area contributed by atoms with Gasteiger partial charge in [0, 0.05) is 11.1 Å². The molecule has 0 bridgehead atoms. The molecule has 0 unspecified atom stereocenters. The Morgan fingerprint density at radius 1 is 0.929 bits per heavy atom. The smallest absolute Gasteiger partial charge is 0.248 e. The van der Waals surface area contributed by atoms with Gasteiger partial charge in [-0.2, -0.15) is 0 Å². The van der Waals surface area contributed by atoms with Crippen molar-refractivity contribution in [1.82, 2.24) is 14.9 Å². The second-order valence-electron chi connectivity index (χ2n) is 5.83. The van der Waals surface area contributed by atoms with Crippen LogP contribution in [0.1, 0.15) is 5.76 Å². The highest BCUT2D eigenvalue weighted by Gasteiger charge is 2.22. The van der Waals surface area contributed by atoms with Gasteiger partial charge in [0.05, 0.1) is 12.8 Å². The second kappa shape index (κ2) is 7.37. The Morgan fingerprint density at radius 2 is 1.68 bits per heavy atom. The van der Waals surface area contributed by atoms with Crippen LogP contribution in [0.4, 0.5) is 4.39 Å². The van der Waals surface area contributed by atoms with Gasteiger partial charge >= 0.3 is 0 Å². The van der Waals surface area contributed by atoms with Crippen molar-refractivity contribution in [2.24, 2.45) is 0 Å². The first kappa shape index (κ1) is 18.1. The van der Waals surface area contributed by atoms with E-state index in [0.29, 0.717) is 5.76 Å². The molecule has 0 aliphatic carbocycles. The van der Waals surface area contributed by atoms with Crippen LogP contribution in [-0.2, 0) is 16.6 Å². The number of hydrogen-bond acceptors (Lipinski definition) is 6. The van der Waals surface area contributed by atoms with E-state index in [1.807, 2.05) is 18.2 Å². The molecule has 28 heavy (non-hydrogen) atoms. The molecular formula is C19H14FN3O4S. The summed E-state index contributed by atoms with van der Waals surface area (Å²) in [5.41, 5.74) is 1.01. The van der Waals surface area contributed by atoms with E-state index in [0.717, 1.165) is 17.7 Å². The summed E-state index contributed by atoms with van der Waals surface area (Å²) in [5.74, 6) is -0.121. The predicted molar refractivity (Wildman–Crippen MR) is 97.9 cm³/mol. The third-order valence-corrected chi connectivity index (χ3v) is 5.35. The third kappa shape index (κ3) is 3.71. The number of hydrogen-bond donors (Lipinski definition) is 1. The lowest BCUT2D eigenvalue weighted by Crippen LogP contribution is -2.24. The van der Waals surface area contributed by atoms with Crippen molar-refractivity contribution in [2.75, 3.05) is 0 Å². The normalized spacial score (nSPS) is 11.6. The summed E-state index contributed by atoms with van der Waals surface area (Å²) in [6.07, 6.45) is 1.42. The van der Waals surface area contributed by atoms with Crippen molar-refractivity contribution in [3.63, 3.8) is 0 Å². The fraction of sp³-hybridized carbons (Fsp3) is 0.0526. The van der Waals surface area contributed by atoms with Crippen LogP contribution in [-0.4, -0.2) is 18.6 Å². The van der Waals surface area contributed by atoms with Crippen LogP contribution in [0.5, 0.6) is 0 Å². The Bertz CT molecular complexity index is 1190. The molecule has 0 saturated carbocycles. The van der Waals surface area contributed by atoms with Gasteiger partial charge in [0.2, 0.25) is 21.8 Å². The molecule has 2 heterocycles. The maximum atomic E-state index is 14.2. The first-order valence-electron chi connectivity index (χ1n) is 8.24. The molecule has 0 fully saturated rings. The van der Waals surface area contributed by atoms with Gasteiger partial charge in [-0.25, -0.2) is 17.5 Å². The largest absolute Gasteiger partial charge is 0.468 e. The summed E-state index contributed by atoms with van der Waals surface area (Å²) in [6.45, 7) is -0.0995. The molecule has 4 aromatic rings. The number of furan rings is 1. The van der Waals surface area contributed by atoms with Crippen molar-refractivity contribution < 1.29 is 21.6 Å². The van der Waals surface area contributed by atoms with Crippen LogP contribution in [0.25, 0.3) is 22.9 Å².